The quantitative estimate of drug-likeness (QED) is 0.469. The lowest BCUT2D eigenvalue weighted by Crippen LogP contribution is -2.12. The lowest BCUT2D eigenvalue weighted by molar-refractivity contribution is 0.840. The average Bonchev–Trinajstić information content (AvgIpc) is 3.04. The van der Waals surface area contributed by atoms with Crippen molar-refractivity contribution in [2.45, 2.75) is 13.8 Å². The molecule has 0 spiro atoms. The van der Waals surface area contributed by atoms with Crippen LogP contribution in [0.15, 0.2) is 76.7 Å². The molecule has 2 aromatic carbocycles. The number of aryl methyl sites for hydroxylation is 2. The Morgan fingerprint density at radius 2 is 1.88 bits per heavy atom. The molecule has 0 aliphatic carbocycles. The van der Waals surface area contributed by atoms with Crippen molar-refractivity contribution in [3.8, 4) is 11.3 Å². The highest BCUT2D eigenvalue weighted by molar-refractivity contribution is 7.07. The Morgan fingerprint density at radius 1 is 1.08 bits per heavy atom. The van der Waals surface area contributed by atoms with Crippen LogP contribution in [-0.4, -0.2) is 17.4 Å². The maximum Gasteiger partial charge on any atom is 0.206 e. The zero-order valence-electron chi connectivity index (χ0n) is 14.5. The molecule has 1 aromatic heterocycles. The van der Waals surface area contributed by atoms with Crippen LogP contribution in [-0.2, 0) is 0 Å². The Morgan fingerprint density at radius 3 is 2.60 bits per heavy atom. The number of nitrogens with zero attached hydrogens (tertiary/aromatic N) is 3. The zero-order valence-corrected chi connectivity index (χ0v) is 15.3. The Bertz CT molecular complexity index is 962. The van der Waals surface area contributed by atoms with Crippen LogP contribution in [0.3, 0.4) is 0 Å². The molecule has 0 amide bonds. The van der Waals surface area contributed by atoms with Crippen molar-refractivity contribution in [2.24, 2.45) is 10.1 Å². The molecule has 0 aliphatic rings. The van der Waals surface area contributed by atoms with Crippen molar-refractivity contribution in [3.05, 3.63) is 88.1 Å². The van der Waals surface area contributed by atoms with Crippen molar-refractivity contribution >= 4 is 17.6 Å². The predicted molar refractivity (Wildman–Crippen MR) is 107 cm³/mol. The van der Waals surface area contributed by atoms with Crippen LogP contribution in [0.1, 0.15) is 16.7 Å². The number of thiazole rings is 1. The summed E-state index contributed by atoms with van der Waals surface area (Å²) in [4.78, 5) is 5.43. The number of hydrogen-bond donors (Lipinski definition) is 0. The third-order valence-electron chi connectivity index (χ3n) is 3.97. The molecular weight excluding hydrogens is 326 g/mol. The van der Waals surface area contributed by atoms with E-state index in [9.17, 15) is 0 Å². The summed E-state index contributed by atoms with van der Waals surface area (Å²) < 4.78 is 1.91. The molecule has 0 fully saturated rings. The fraction of sp³-hybridized carbons (Fsp3) is 0.143. The molecule has 0 N–H and O–H groups in total. The minimum atomic E-state index is 0.577. The third kappa shape index (κ3) is 4.03. The van der Waals surface area contributed by atoms with E-state index >= 15 is 0 Å². The van der Waals surface area contributed by atoms with Gasteiger partial charge in [-0.25, -0.2) is 4.68 Å². The first-order chi connectivity index (χ1) is 12.2. The first-order valence-corrected chi connectivity index (χ1v) is 9.06. The van der Waals surface area contributed by atoms with Gasteiger partial charge >= 0.3 is 0 Å². The fourth-order valence-electron chi connectivity index (χ4n) is 2.42. The largest absolute Gasteiger partial charge is 0.253 e. The van der Waals surface area contributed by atoms with E-state index in [1.807, 2.05) is 41.2 Å². The molecule has 0 radical (unpaired) electrons. The molecule has 0 atom stereocenters. The molecule has 3 rings (SSSR count). The van der Waals surface area contributed by atoms with Crippen LogP contribution in [0.5, 0.6) is 0 Å². The van der Waals surface area contributed by atoms with E-state index in [1.54, 1.807) is 17.4 Å². The van der Waals surface area contributed by atoms with Gasteiger partial charge in [0.15, 0.2) is 0 Å². The van der Waals surface area contributed by atoms with Crippen molar-refractivity contribution in [2.75, 3.05) is 6.54 Å². The molecule has 3 nitrogen and oxygen atoms in total. The van der Waals surface area contributed by atoms with E-state index < -0.39 is 0 Å². The number of rotatable bonds is 5. The topological polar surface area (TPSA) is 29.6 Å². The van der Waals surface area contributed by atoms with Gasteiger partial charge in [0.05, 0.1) is 18.5 Å². The van der Waals surface area contributed by atoms with Gasteiger partial charge in [-0.15, -0.1) is 17.9 Å². The second-order valence-electron chi connectivity index (χ2n) is 5.80. The molecule has 0 unspecified atom stereocenters. The summed E-state index contributed by atoms with van der Waals surface area (Å²) in [6.45, 7) is 8.58. The van der Waals surface area contributed by atoms with Gasteiger partial charge in [0.25, 0.3) is 0 Å². The van der Waals surface area contributed by atoms with Crippen molar-refractivity contribution < 1.29 is 0 Å². The molecule has 0 saturated heterocycles. The van der Waals surface area contributed by atoms with Gasteiger partial charge < -0.3 is 0 Å². The average molecular weight is 347 g/mol. The van der Waals surface area contributed by atoms with Gasteiger partial charge in [-0.1, -0.05) is 48.5 Å². The molecule has 3 aromatic rings. The summed E-state index contributed by atoms with van der Waals surface area (Å²) >= 11 is 1.59. The van der Waals surface area contributed by atoms with Gasteiger partial charge in [0, 0.05) is 10.9 Å². The number of aromatic nitrogens is 1. The number of benzene rings is 2. The molecule has 4 heteroatoms. The Hall–Kier alpha value is -2.72. The molecule has 126 valence electrons. The number of hydrogen-bond acceptors (Lipinski definition) is 3. The Kier molecular flexibility index (Phi) is 5.41. The maximum absolute atomic E-state index is 4.69. The molecule has 0 saturated carbocycles. The normalized spacial score (nSPS) is 12.0. The molecule has 0 aliphatic heterocycles. The van der Waals surface area contributed by atoms with E-state index in [0.29, 0.717) is 6.54 Å². The van der Waals surface area contributed by atoms with Gasteiger partial charge in [0.1, 0.15) is 0 Å². The van der Waals surface area contributed by atoms with Crippen molar-refractivity contribution in [1.82, 2.24) is 4.68 Å². The lowest BCUT2D eigenvalue weighted by atomic mass is 10.1. The maximum atomic E-state index is 4.69. The van der Waals surface area contributed by atoms with Crippen molar-refractivity contribution in [1.29, 1.82) is 0 Å². The van der Waals surface area contributed by atoms with E-state index in [0.717, 1.165) is 21.6 Å². The third-order valence-corrected chi connectivity index (χ3v) is 4.82. The van der Waals surface area contributed by atoms with Crippen LogP contribution in [0.25, 0.3) is 11.3 Å². The Balaban J connectivity index is 2.09. The second-order valence-corrected chi connectivity index (χ2v) is 6.64. The summed E-state index contributed by atoms with van der Waals surface area (Å²) in [5.74, 6) is 0. The van der Waals surface area contributed by atoms with Gasteiger partial charge in [-0.05, 0) is 36.6 Å². The van der Waals surface area contributed by atoms with Gasteiger partial charge in [0.2, 0.25) is 4.80 Å². The zero-order chi connectivity index (χ0) is 17.6. The summed E-state index contributed by atoms with van der Waals surface area (Å²) in [6.07, 6.45) is 3.66. The van der Waals surface area contributed by atoms with Crippen molar-refractivity contribution in [3.63, 3.8) is 0 Å². The van der Waals surface area contributed by atoms with E-state index in [1.165, 1.54) is 11.1 Å². The highest BCUT2D eigenvalue weighted by Crippen LogP contribution is 2.23. The molecule has 0 bridgehead atoms. The lowest BCUT2D eigenvalue weighted by Gasteiger charge is -2.06. The van der Waals surface area contributed by atoms with Crippen LogP contribution >= 0.6 is 11.3 Å². The minimum absolute atomic E-state index is 0.577. The standard InChI is InChI=1S/C21H21N3S/c1-4-12-22-21-24(23-14-18-8-6-5-7-9-18)20(15-25-21)19-11-10-16(2)17(3)13-19/h4-11,13-15H,1,12H2,2-3H3. The molecule has 25 heavy (non-hydrogen) atoms. The highest BCUT2D eigenvalue weighted by atomic mass is 32.1. The Labute approximate surface area is 152 Å². The molecular formula is C21H21N3S. The van der Waals surface area contributed by atoms with Gasteiger partial charge in [-0.3, -0.25) is 4.99 Å². The van der Waals surface area contributed by atoms with Crippen LogP contribution in [0, 0.1) is 13.8 Å². The first-order valence-electron chi connectivity index (χ1n) is 8.18. The van der Waals surface area contributed by atoms with Crippen LogP contribution < -0.4 is 4.80 Å². The summed E-state index contributed by atoms with van der Waals surface area (Å²) in [5, 5.41) is 6.80. The van der Waals surface area contributed by atoms with E-state index in [4.69, 9.17) is 5.10 Å². The van der Waals surface area contributed by atoms with Gasteiger partial charge in [-0.2, -0.15) is 5.10 Å². The summed E-state index contributed by atoms with van der Waals surface area (Å²) in [6, 6.07) is 16.6. The highest BCUT2D eigenvalue weighted by Gasteiger charge is 2.08. The minimum Gasteiger partial charge on any atom is -0.253 e. The second kappa shape index (κ2) is 7.90. The van der Waals surface area contributed by atoms with E-state index in [-0.39, 0.29) is 0 Å². The first kappa shape index (κ1) is 17.1. The van der Waals surface area contributed by atoms with E-state index in [2.05, 4.69) is 49.0 Å². The molecule has 1 heterocycles. The van der Waals surface area contributed by atoms with Crippen LogP contribution in [0.2, 0.25) is 0 Å². The SMILES string of the molecule is C=CCN=c1scc(-c2ccc(C)c(C)c2)n1N=Cc1ccccc1. The smallest absolute Gasteiger partial charge is 0.206 e. The van der Waals surface area contributed by atoms with Crippen LogP contribution in [0.4, 0.5) is 0 Å². The monoisotopic (exact) mass is 347 g/mol. The summed E-state index contributed by atoms with van der Waals surface area (Å²) in [7, 11) is 0. The fourth-order valence-corrected chi connectivity index (χ4v) is 3.27. The predicted octanol–water partition coefficient (Wildman–Crippen LogP) is 4.80. The summed E-state index contributed by atoms with van der Waals surface area (Å²) in [5.41, 5.74) is 5.80.